The Morgan fingerprint density at radius 3 is 2.42 bits per heavy atom. The SMILES string of the molecule is O=c1cnc2ccncc2n1Cc1c(F)cc(-c2cccnc2)cc1F. The number of nitrogens with zero attached hydrogens (tertiary/aromatic N) is 4. The lowest BCUT2D eigenvalue weighted by molar-refractivity contribution is 0.545. The Balaban J connectivity index is 1.81. The Morgan fingerprint density at radius 1 is 0.923 bits per heavy atom. The molecule has 26 heavy (non-hydrogen) atoms. The van der Waals surface area contributed by atoms with Crippen LogP contribution in [0.2, 0.25) is 0 Å². The number of pyridine rings is 2. The molecular weight excluding hydrogens is 338 g/mol. The molecule has 4 aromatic rings. The molecule has 0 aliphatic heterocycles. The number of hydrogen-bond acceptors (Lipinski definition) is 4. The van der Waals surface area contributed by atoms with Crippen molar-refractivity contribution < 1.29 is 8.78 Å². The van der Waals surface area contributed by atoms with Gasteiger partial charge in [-0.15, -0.1) is 0 Å². The Hall–Kier alpha value is -3.48. The fourth-order valence-corrected chi connectivity index (χ4v) is 2.78. The van der Waals surface area contributed by atoms with Crippen LogP contribution in [0, 0.1) is 11.6 Å². The predicted molar refractivity (Wildman–Crippen MR) is 92.5 cm³/mol. The third-order valence-corrected chi connectivity index (χ3v) is 4.10. The number of benzene rings is 1. The molecule has 0 bridgehead atoms. The molecular formula is C19H12F2N4O. The summed E-state index contributed by atoms with van der Waals surface area (Å²) in [7, 11) is 0. The van der Waals surface area contributed by atoms with Gasteiger partial charge in [0, 0.05) is 29.7 Å². The van der Waals surface area contributed by atoms with Crippen molar-refractivity contribution in [1.82, 2.24) is 19.5 Å². The predicted octanol–water partition coefficient (Wildman–Crippen LogP) is 3.18. The molecule has 4 rings (SSSR count). The van der Waals surface area contributed by atoms with Gasteiger partial charge in [0.2, 0.25) is 0 Å². The molecule has 0 unspecified atom stereocenters. The first-order valence-corrected chi connectivity index (χ1v) is 7.81. The van der Waals surface area contributed by atoms with Crippen LogP contribution < -0.4 is 5.56 Å². The molecule has 0 saturated carbocycles. The lowest BCUT2D eigenvalue weighted by Gasteiger charge is -2.12. The van der Waals surface area contributed by atoms with Crippen LogP contribution in [0.4, 0.5) is 8.78 Å². The normalized spacial score (nSPS) is 11.0. The van der Waals surface area contributed by atoms with E-state index in [0.29, 0.717) is 22.2 Å². The summed E-state index contributed by atoms with van der Waals surface area (Å²) in [4.78, 5) is 24.1. The van der Waals surface area contributed by atoms with Crippen LogP contribution in [-0.2, 0) is 6.54 Å². The fraction of sp³-hybridized carbons (Fsp3) is 0.0526. The number of aromatic nitrogens is 4. The van der Waals surface area contributed by atoms with Gasteiger partial charge < -0.3 is 0 Å². The molecule has 128 valence electrons. The average molecular weight is 350 g/mol. The molecule has 7 heteroatoms. The second-order valence-corrected chi connectivity index (χ2v) is 5.71. The van der Waals surface area contributed by atoms with Crippen molar-refractivity contribution in [2.24, 2.45) is 0 Å². The minimum absolute atomic E-state index is 0.198. The molecule has 0 N–H and O–H groups in total. The smallest absolute Gasteiger partial charge is 0.269 e. The molecule has 5 nitrogen and oxygen atoms in total. The van der Waals surface area contributed by atoms with Gasteiger partial charge in [-0.05, 0) is 29.8 Å². The summed E-state index contributed by atoms with van der Waals surface area (Å²) in [6, 6.07) is 7.51. The van der Waals surface area contributed by atoms with E-state index < -0.39 is 17.2 Å². The summed E-state index contributed by atoms with van der Waals surface area (Å²) in [5.74, 6) is -1.46. The summed E-state index contributed by atoms with van der Waals surface area (Å²) in [5.41, 5.74) is 1.26. The molecule has 0 fully saturated rings. The lowest BCUT2D eigenvalue weighted by Crippen LogP contribution is -2.22. The van der Waals surface area contributed by atoms with Crippen LogP contribution in [0.15, 0.2) is 66.1 Å². The van der Waals surface area contributed by atoms with Crippen LogP contribution in [0.5, 0.6) is 0 Å². The van der Waals surface area contributed by atoms with E-state index in [1.165, 1.54) is 35.3 Å². The Kier molecular flexibility index (Phi) is 3.96. The highest BCUT2D eigenvalue weighted by molar-refractivity contribution is 5.73. The number of halogens is 2. The Labute approximate surface area is 146 Å². The molecule has 3 aromatic heterocycles. The van der Waals surface area contributed by atoms with Gasteiger partial charge in [-0.1, -0.05) is 6.07 Å². The molecule has 3 heterocycles. The zero-order chi connectivity index (χ0) is 18.1. The maximum atomic E-state index is 14.6. The third-order valence-electron chi connectivity index (χ3n) is 4.10. The van der Waals surface area contributed by atoms with Gasteiger partial charge in [0.1, 0.15) is 11.6 Å². The van der Waals surface area contributed by atoms with Crippen LogP contribution in [-0.4, -0.2) is 19.5 Å². The molecule has 1 aromatic carbocycles. The Bertz CT molecular complexity index is 1140. The second-order valence-electron chi connectivity index (χ2n) is 5.71. The number of hydrogen-bond donors (Lipinski definition) is 0. The second kappa shape index (κ2) is 6.44. The number of fused-ring (bicyclic) bond motifs is 1. The van der Waals surface area contributed by atoms with Crippen molar-refractivity contribution in [1.29, 1.82) is 0 Å². The molecule has 0 radical (unpaired) electrons. The van der Waals surface area contributed by atoms with Gasteiger partial charge in [-0.25, -0.2) is 13.8 Å². The van der Waals surface area contributed by atoms with Gasteiger partial charge >= 0.3 is 0 Å². The van der Waals surface area contributed by atoms with Crippen molar-refractivity contribution in [3.63, 3.8) is 0 Å². The molecule has 0 atom stereocenters. The summed E-state index contributed by atoms with van der Waals surface area (Å²) < 4.78 is 30.5. The summed E-state index contributed by atoms with van der Waals surface area (Å²) in [6.45, 7) is -0.255. The van der Waals surface area contributed by atoms with Crippen LogP contribution in [0.25, 0.3) is 22.2 Å². The maximum absolute atomic E-state index is 14.6. The van der Waals surface area contributed by atoms with E-state index in [9.17, 15) is 13.6 Å². The van der Waals surface area contributed by atoms with E-state index in [2.05, 4.69) is 15.0 Å². The molecule has 0 amide bonds. The topological polar surface area (TPSA) is 60.7 Å². The van der Waals surface area contributed by atoms with E-state index in [0.717, 1.165) is 6.20 Å². The van der Waals surface area contributed by atoms with Gasteiger partial charge in [0.25, 0.3) is 5.56 Å². The largest absolute Gasteiger partial charge is 0.299 e. The molecule has 0 aliphatic rings. The highest BCUT2D eigenvalue weighted by atomic mass is 19.1. The van der Waals surface area contributed by atoms with Crippen molar-refractivity contribution in [2.45, 2.75) is 6.54 Å². The highest BCUT2D eigenvalue weighted by Gasteiger charge is 2.15. The number of rotatable bonds is 3. The summed E-state index contributed by atoms with van der Waals surface area (Å²) >= 11 is 0. The van der Waals surface area contributed by atoms with E-state index in [4.69, 9.17) is 0 Å². The minimum atomic E-state index is -0.732. The van der Waals surface area contributed by atoms with Gasteiger partial charge in [-0.2, -0.15) is 0 Å². The van der Waals surface area contributed by atoms with Crippen LogP contribution in [0.1, 0.15) is 5.56 Å². The van der Waals surface area contributed by atoms with Crippen molar-refractivity contribution in [3.8, 4) is 11.1 Å². The minimum Gasteiger partial charge on any atom is -0.299 e. The average Bonchev–Trinajstić information content (AvgIpc) is 2.66. The fourth-order valence-electron chi connectivity index (χ4n) is 2.78. The lowest BCUT2D eigenvalue weighted by atomic mass is 10.0. The summed E-state index contributed by atoms with van der Waals surface area (Å²) in [6.07, 6.45) is 7.22. The first-order chi connectivity index (χ1) is 12.6. The van der Waals surface area contributed by atoms with E-state index in [1.54, 1.807) is 24.4 Å². The quantitative estimate of drug-likeness (QED) is 0.569. The zero-order valence-corrected chi connectivity index (χ0v) is 13.4. The van der Waals surface area contributed by atoms with E-state index >= 15 is 0 Å². The van der Waals surface area contributed by atoms with Crippen LogP contribution >= 0.6 is 0 Å². The molecule has 0 aliphatic carbocycles. The van der Waals surface area contributed by atoms with Gasteiger partial charge in [0.05, 0.1) is 30.0 Å². The van der Waals surface area contributed by atoms with Crippen molar-refractivity contribution in [2.75, 3.05) is 0 Å². The monoisotopic (exact) mass is 350 g/mol. The van der Waals surface area contributed by atoms with Gasteiger partial charge in [-0.3, -0.25) is 19.3 Å². The zero-order valence-electron chi connectivity index (χ0n) is 13.4. The standard InChI is InChI=1S/C19H12F2N4O/c20-15-6-13(12-2-1-4-22-8-12)7-16(21)14(15)11-25-18-9-23-5-3-17(18)24-10-19(25)26/h1-10H,11H2. The molecule has 0 spiro atoms. The third kappa shape index (κ3) is 2.83. The maximum Gasteiger partial charge on any atom is 0.269 e. The van der Waals surface area contributed by atoms with Crippen LogP contribution in [0.3, 0.4) is 0 Å². The van der Waals surface area contributed by atoms with Crippen molar-refractivity contribution >= 4 is 11.0 Å². The molecule has 0 saturated heterocycles. The van der Waals surface area contributed by atoms with Gasteiger partial charge in [0.15, 0.2) is 0 Å². The van der Waals surface area contributed by atoms with E-state index in [1.807, 2.05) is 0 Å². The first kappa shape index (κ1) is 16.0. The Morgan fingerprint density at radius 2 is 1.69 bits per heavy atom. The highest BCUT2D eigenvalue weighted by Crippen LogP contribution is 2.24. The van der Waals surface area contributed by atoms with Crippen molar-refractivity contribution in [3.05, 3.63) is 88.9 Å². The first-order valence-electron chi connectivity index (χ1n) is 7.81. The summed E-state index contributed by atoms with van der Waals surface area (Å²) in [5, 5.41) is 0. The van der Waals surface area contributed by atoms with E-state index in [-0.39, 0.29) is 12.1 Å².